The molecule has 1 atom stereocenters. The Morgan fingerprint density at radius 1 is 1.38 bits per heavy atom. The fourth-order valence-corrected chi connectivity index (χ4v) is 4.05. The van der Waals surface area contributed by atoms with E-state index in [0.29, 0.717) is 17.5 Å². The van der Waals surface area contributed by atoms with Gasteiger partial charge in [0, 0.05) is 24.7 Å². The Balaban J connectivity index is 1.74. The number of hydrogen-bond acceptors (Lipinski definition) is 4. The van der Waals surface area contributed by atoms with Gasteiger partial charge in [-0.1, -0.05) is 33.1 Å². The highest BCUT2D eigenvalue weighted by Crippen LogP contribution is 2.33. The Morgan fingerprint density at radius 2 is 2.14 bits per heavy atom. The lowest BCUT2D eigenvalue weighted by Gasteiger charge is -2.50. The smallest absolute Gasteiger partial charge is 0.208 e. The molecule has 1 N–H and O–H groups in total. The first-order valence-electron chi connectivity index (χ1n) is 8.48. The van der Waals surface area contributed by atoms with Crippen molar-refractivity contribution in [2.45, 2.75) is 71.0 Å². The molecule has 118 valence electrons. The van der Waals surface area contributed by atoms with Gasteiger partial charge in [-0.05, 0) is 25.7 Å². The van der Waals surface area contributed by atoms with Crippen molar-refractivity contribution < 1.29 is 4.42 Å². The first-order valence-corrected chi connectivity index (χ1v) is 8.48. The molecule has 1 aromatic rings. The minimum atomic E-state index is 0.339. The summed E-state index contributed by atoms with van der Waals surface area (Å²) in [6.07, 6.45) is 8.60. The third-order valence-corrected chi connectivity index (χ3v) is 5.25. The van der Waals surface area contributed by atoms with E-state index in [2.05, 4.69) is 29.0 Å². The van der Waals surface area contributed by atoms with Gasteiger partial charge in [-0.3, -0.25) is 4.90 Å². The molecule has 4 nitrogen and oxygen atoms in total. The van der Waals surface area contributed by atoms with Crippen LogP contribution in [0.5, 0.6) is 0 Å². The van der Waals surface area contributed by atoms with Crippen LogP contribution >= 0.6 is 0 Å². The Kier molecular flexibility index (Phi) is 4.36. The topological polar surface area (TPSA) is 41.3 Å². The summed E-state index contributed by atoms with van der Waals surface area (Å²) in [5.74, 6) is 2.43. The van der Waals surface area contributed by atoms with Crippen molar-refractivity contribution in [1.82, 2.24) is 15.2 Å². The fraction of sp³-hybridized carbons (Fsp3) is 0.824. The van der Waals surface area contributed by atoms with Crippen molar-refractivity contribution >= 4 is 0 Å². The van der Waals surface area contributed by atoms with E-state index in [9.17, 15) is 0 Å². The molecule has 3 rings (SSSR count). The van der Waals surface area contributed by atoms with Crippen molar-refractivity contribution in [3.63, 3.8) is 0 Å². The average molecular weight is 291 g/mol. The highest BCUT2D eigenvalue weighted by atomic mass is 16.4. The van der Waals surface area contributed by atoms with E-state index in [1.165, 1.54) is 32.1 Å². The number of hydrogen-bond donors (Lipinski definition) is 1. The van der Waals surface area contributed by atoms with E-state index in [1.807, 2.05) is 13.1 Å². The Bertz CT molecular complexity index is 462. The number of rotatable bonds is 3. The molecule has 0 radical (unpaired) electrons. The lowest BCUT2D eigenvalue weighted by atomic mass is 9.78. The highest BCUT2D eigenvalue weighted by molar-refractivity contribution is 5.01. The number of aromatic nitrogens is 1. The van der Waals surface area contributed by atoms with Crippen molar-refractivity contribution in [3.8, 4) is 0 Å². The first-order chi connectivity index (χ1) is 10.1. The van der Waals surface area contributed by atoms with Crippen LogP contribution in [0.2, 0.25) is 0 Å². The monoisotopic (exact) mass is 291 g/mol. The van der Waals surface area contributed by atoms with Gasteiger partial charge < -0.3 is 9.73 Å². The molecule has 4 heteroatoms. The van der Waals surface area contributed by atoms with E-state index >= 15 is 0 Å². The van der Waals surface area contributed by atoms with Crippen molar-refractivity contribution in [2.24, 2.45) is 5.92 Å². The van der Waals surface area contributed by atoms with Gasteiger partial charge >= 0.3 is 0 Å². The zero-order valence-electron chi connectivity index (χ0n) is 13.7. The second-order valence-corrected chi connectivity index (χ2v) is 7.30. The molecule has 2 fully saturated rings. The second-order valence-electron chi connectivity index (χ2n) is 7.30. The standard InChI is InChI=1S/C17H29N3O/c1-13(2)15-10-19-17(7-5-4-6-8-17)12-20(15)11-16-18-9-14(3)21-16/h9,13,15,19H,4-8,10-12H2,1-3H3. The van der Waals surface area contributed by atoms with Crippen LogP contribution in [0.25, 0.3) is 0 Å². The van der Waals surface area contributed by atoms with Crippen LogP contribution in [0.4, 0.5) is 0 Å². The maximum atomic E-state index is 5.72. The summed E-state index contributed by atoms with van der Waals surface area (Å²) in [7, 11) is 0. The van der Waals surface area contributed by atoms with Gasteiger partial charge in [0.1, 0.15) is 5.76 Å². The van der Waals surface area contributed by atoms with Crippen molar-refractivity contribution in [2.75, 3.05) is 13.1 Å². The zero-order chi connectivity index (χ0) is 14.9. The summed E-state index contributed by atoms with van der Waals surface area (Å²) in [5, 5.41) is 3.89. The molecule has 1 aliphatic heterocycles. The van der Waals surface area contributed by atoms with Crippen molar-refractivity contribution in [3.05, 3.63) is 17.8 Å². The molecule has 1 unspecified atom stereocenters. The van der Waals surface area contributed by atoms with Gasteiger partial charge in [-0.25, -0.2) is 4.98 Å². The van der Waals surface area contributed by atoms with Crippen LogP contribution in [0.15, 0.2) is 10.6 Å². The number of nitrogens with one attached hydrogen (secondary N) is 1. The first kappa shape index (κ1) is 15.0. The van der Waals surface area contributed by atoms with Crippen LogP contribution in [0, 0.1) is 12.8 Å². The summed E-state index contributed by atoms with van der Waals surface area (Å²) in [6, 6.07) is 0.574. The van der Waals surface area contributed by atoms with E-state index in [4.69, 9.17) is 4.42 Å². The van der Waals surface area contributed by atoms with Gasteiger partial charge in [-0.2, -0.15) is 0 Å². The molecule has 1 aromatic heterocycles. The van der Waals surface area contributed by atoms with Crippen LogP contribution in [-0.4, -0.2) is 34.6 Å². The van der Waals surface area contributed by atoms with E-state index < -0.39 is 0 Å². The number of piperazine rings is 1. The molecular formula is C17H29N3O. The molecule has 1 saturated heterocycles. The zero-order valence-corrected chi connectivity index (χ0v) is 13.7. The lowest BCUT2D eigenvalue weighted by molar-refractivity contribution is 0.0255. The summed E-state index contributed by atoms with van der Waals surface area (Å²) in [4.78, 5) is 7.02. The maximum Gasteiger partial charge on any atom is 0.208 e. The highest BCUT2D eigenvalue weighted by Gasteiger charge is 2.40. The van der Waals surface area contributed by atoms with E-state index in [1.54, 1.807) is 0 Å². The molecule has 0 amide bonds. The molecule has 0 aromatic carbocycles. The molecule has 1 aliphatic carbocycles. The van der Waals surface area contributed by atoms with Gasteiger partial charge in [0.15, 0.2) is 0 Å². The molecular weight excluding hydrogens is 262 g/mol. The summed E-state index contributed by atoms with van der Waals surface area (Å²) >= 11 is 0. The van der Waals surface area contributed by atoms with Crippen LogP contribution in [0.3, 0.4) is 0 Å². The van der Waals surface area contributed by atoms with Crippen LogP contribution in [-0.2, 0) is 6.54 Å². The van der Waals surface area contributed by atoms with Crippen LogP contribution < -0.4 is 5.32 Å². The normalized spacial score (nSPS) is 26.6. The van der Waals surface area contributed by atoms with Crippen LogP contribution in [0.1, 0.15) is 57.6 Å². The second kappa shape index (κ2) is 6.09. The predicted molar refractivity (Wildman–Crippen MR) is 84.1 cm³/mol. The number of nitrogens with zero attached hydrogens (tertiary/aromatic N) is 2. The quantitative estimate of drug-likeness (QED) is 0.929. The number of oxazole rings is 1. The summed E-state index contributed by atoms with van der Waals surface area (Å²) in [5.41, 5.74) is 0.339. The molecule has 1 spiro atoms. The Hall–Kier alpha value is -0.870. The van der Waals surface area contributed by atoms with Crippen molar-refractivity contribution in [1.29, 1.82) is 0 Å². The largest absolute Gasteiger partial charge is 0.445 e. The SMILES string of the molecule is Cc1cnc(CN2CC3(CCCCC3)NCC2C(C)C)o1. The molecule has 0 bridgehead atoms. The minimum Gasteiger partial charge on any atom is -0.445 e. The Morgan fingerprint density at radius 3 is 2.76 bits per heavy atom. The van der Waals surface area contributed by atoms with E-state index in [-0.39, 0.29) is 0 Å². The van der Waals surface area contributed by atoms with Gasteiger partial charge in [-0.15, -0.1) is 0 Å². The van der Waals surface area contributed by atoms with Gasteiger partial charge in [0.05, 0.1) is 12.7 Å². The lowest BCUT2D eigenvalue weighted by Crippen LogP contribution is -2.65. The third-order valence-electron chi connectivity index (χ3n) is 5.25. The third kappa shape index (κ3) is 3.32. The Labute approximate surface area is 128 Å². The van der Waals surface area contributed by atoms with Gasteiger partial charge in [0.2, 0.25) is 5.89 Å². The summed E-state index contributed by atoms with van der Waals surface area (Å²) < 4.78 is 5.72. The molecule has 2 aliphatic rings. The minimum absolute atomic E-state index is 0.339. The number of aryl methyl sites for hydroxylation is 1. The average Bonchev–Trinajstić information content (AvgIpc) is 2.85. The summed E-state index contributed by atoms with van der Waals surface area (Å²) in [6.45, 7) is 9.68. The molecule has 2 heterocycles. The maximum absolute atomic E-state index is 5.72. The fourth-order valence-electron chi connectivity index (χ4n) is 4.05. The molecule has 1 saturated carbocycles. The molecule has 21 heavy (non-hydrogen) atoms. The van der Waals surface area contributed by atoms with E-state index in [0.717, 1.165) is 31.3 Å². The predicted octanol–water partition coefficient (Wildman–Crippen LogP) is 3.12. The van der Waals surface area contributed by atoms with Gasteiger partial charge in [0.25, 0.3) is 0 Å².